The second-order valence-electron chi connectivity index (χ2n) is 3.32. The van der Waals surface area contributed by atoms with E-state index in [0.29, 0.717) is 20.8 Å². The molecular formula is C12H8Cl3NO. The van der Waals surface area contributed by atoms with Gasteiger partial charge in [0.15, 0.2) is 0 Å². The molecule has 88 valence electrons. The maximum atomic E-state index is 6.14. The summed E-state index contributed by atoms with van der Waals surface area (Å²) in [5.41, 5.74) is 1.52. The van der Waals surface area contributed by atoms with Crippen molar-refractivity contribution in [2.24, 2.45) is 0 Å². The van der Waals surface area contributed by atoms with E-state index in [1.54, 1.807) is 37.7 Å². The van der Waals surface area contributed by atoms with Crippen LogP contribution in [0.1, 0.15) is 0 Å². The quantitative estimate of drug-likeness (QED) is 0.746. The third-order valence-electron chi connectivity index (χ3n) is 2.30. The average Bonchev–Trinajstić information content (AvgIpc) is 2.34. The summed E-state index contributed by atoms with van der Waals surface area (Å²) in [7, 11) is 1.59. The molecule has 2 rings (SSSR count). The number of nitrogens with zero attached hydrogens (tertiary/aromatic N) is 1. The number of hydrogen-bond acceptors (Lipinski definition) is 2. The van der Waals surface area contributed by atoms with Gasteiger partial charge < -0.3 is 4.74 Å². The molecule has 2 aromatic rings. The SMILES string of the molecule is COc1ccncc1-c1cc(Cl)c(Cl)cc1Cl. The first-order chi connectivity index (χ1) is 8.13. The highest BCUT2D eigenvalue weighted by Gasteiger charge is 2.12. The molecule has 1 heterocycles. The Morgan fingerprint density at radius 2 is 1.71 bits per heavy atom. The van der Waals surface area contributed by atoms with Crippen LogP contribution in [-0.2, 0) is 0 Å². The summed E-state index contributed by atoms with van der Waals surface area (Å²) in [6, 6.07) is 5.06. The summed E-state index contributed by atoms with van der Waals surface area (Å²) in [5, 5.41) is 1.37. The van der Waals surface area contributed by atoms with Crippen molar-refractivity contribution in [2.45, 2.75) is 0 Å². The Hall–Kier alpha value is -0.960. The topological polar surface area (TPSA) is 22.1 Å². The van der Waals surface area contributed by atoms with Gasteiger partial charge in [0.1, 0.15) is 5.75 Å². The summed E-state index contributed by atoms with van der Waals surface area (Å²) >= 11 is 18.0. The van der Waals surface area contributed by atoms with E-state index in [4.69, 9.17) is 39.5 Å². The van der Waals surface area contributed by atoms with E-state index in [0.717, 1.165) is 11.1 Å². The molecule has 0 saturated carbocycles. The van der Waals surface area contributed by atoms with Crippen LogP contribution in [0.3, 0.4) is 0 Å². The van der Waals surface area contributed by atoms with Crippen LogP contribution in [-0.4, -0.2) is 12.1 Å². The third-order valence-corrected chi connectivity index (χ3v) is 3.34. The first-order valence-corrected chi connectivity index (χ1v) is 5.89. The average molecular weight is 289 g/mol. The van der Waals surface area contributed by atoms with Crippen molar-refractivity contribution in [1.82, 2.24) is 4.98 Å². The minimum Gasteiger partial charge on any atom is -0.496 e. The van der Waals surface area contributed by atoms with Gasteiger partial charge >= 0.3 is 0 Å². The predicted molar refractivity (Wildman–Crippen MR) is 71.3 cm³/mol. The molecule has 0 bridgehead atoms. The second-order valence-corrected chi connectivity index (χ2v) is 4.54. The number of rotatable bonds is 2. The lowest BCUT2D eigenvalue weighted by atomic mass is 10.1. The zero-order valence-electron chi connectivity index (χ0n) is 8.88. The molecule has 1 aromatic heterocycles. The molecule has 0 aliphatic carbocycles. The van der Waals surface area contributed by atoms with Crippen molar-refractivity contribution in [3.8, 4) is 16.9 Å². The monoisotopic (exact) mass is 287 g/mol. The maximum absolute atomic E-state index is 6.14. The molecule has 0 unspecified atom stereocenters. The molecule has 0 spiro atoms. The van der Waals surface area contributed by atoms with Gasteiger partial charge in [0.2, 0.25) is 0 Å². The second kappa shape index (κ2) is 5.13. The molecule has 2 nitrogen and oxygen atoms in total. The summed E-state index contributed by atoms with van der Waals surface area (Å²) in [6.45, 7) is 0. The van der Waals surface area contributed by atoms with E-state index in [2.05, 4.69) is 4.98 Å². The summed E-state index contributed by atoms with van der Waals surface area (Å²) in [4.78, 5) is 4.05. The highest BCUT2D eigenvalue weighted by molar-refractivity contribution is 6.44. The molecule has 0 amide bonds. The molecule has 0 aliphatic heterocycles. The fraction of sp³-hybridized carbons (Fsp3) is 0.0833. The highest BCUT2D eigenvalue weighted by Crippen LogP contribution is 2.38. The Kier molecular flexibility index (Phi) is 3.77. The molecule has 5 heteroatoms. The van der Waals surface area contributed by atoms with Crippen LogP contribution in [0.4, 0.5) is 0 Å². The number of aromatic nitrogens is 1. The van der Waals surface area contributed by atoms with Crippen LogP contribution in [0.25, 0.3) is 11.1 Å². The molecular weight excluding hydrogens is 280 g/mol. The van der Waals surface area contributed by atoms with Gasteiger partial charge in [-0.3, -0.25) is 4.98 Å². The van der Waals surface area contributed by atoms with Gasteiger partial charge in [0, 0.05) is 23.5 Å². The van der Waals surface area contributed by atoms with Gasteiger partial charge in [-0.15, -0.1) is 0 Å². The van der Waals surface area contributed by atoms with Crippen LogP contribution in [0.5, 0.6) is 5.75 Å². The standard InChI is InChI=1S/C12H8Cl3NO/c1-17-12-2-3-16-6-8(12)7-4-10(14)11(15)5-9(7)13/h2-6H,1H3. The van der Waals surface area contributed by atoms with Gasteiger partial charge in [-0.05, 0) is 18.2 Å². The number of hydrogen-bond donors (Lipinski definition) is 0. The van der Waals surface area contributed by atoms with Crippen molar-refractivity contribution in [3.63, 3.8) is 0 Å². The minimum absolute atomic E-state index is 0.420. The van der Waals surface area contributed by atoms with E-state index < -0.39 is 0 Å². The molecule has 0 aliphatic rings. The van der Waals surface area contributed by atoms with E-state index >= 15 is 0 Å². The largest absolute Gasteiger partial charge is 0.496 e. The maximum Gasteiger partial charge on any atom is 0.129 e. The van der Waals surface area contributed by atoms with Crippen molar-refractivity contribution in [2.75, 3.05) is 7.11 Å². The van der Waals surface area contributed by atoms with Crippen LogP contribution < -0.4 is 4.74 Å². The Labute approximate surface area is 114 Å². The molecule has 0 N–H and O–H groups in total. The van der Waals surface area contributed by atoms with E-state index in [1.807, 2.05) is 0 Å². The number of ether oxygens (including phenoxy) is 1. The smallest absolute Gasteiger partial charge is 0.129 e. The first-order valence-electron chi connectivity index (χ1n) is 4.76. The zero-order chi connectivity index (χ0) is 12.4. The fourth-order valence-electron chi connectivity index (χ4n) is 1.49. The van der Waals surface area contributed by atoms with Gasteiger partial charge in [0.25, 0.3) is 0 Å². The highest BCUT2D eigenvalue weighted by atomic mass is 35.5. The fourth-order valence-corrected chi connectivity index (χ4v) is 2.14. The van der Waals surface area contributed by atoms with Crippen LogP contribution in [0, 0.1) is 0 Å². The van der Waals surface area contributed by atoms with Crippen LogP contribution in [0.15, 0.2) is 30.6 Å². The predicted octanol–water partition coefficient (Wildman–Crippen LogP) is 4.72. The lowest BCUT2D eigenvalue weighted by Gasteiger charge is -2.10. The molecule has 0 saturated heterocycles. The molecule has 1 aromatic carbocycles. The minimum atomic E-state index is 0.420. The van der Waals surface area contributed by atoms with Gasteiger partial charge in [-0.2, -0.15) is 0 Å². The summed E-state index contributed by atoms with van der Waals surface area (Å²) in [5.74, 6) is 0.681. The van der Waals surface area contributed by atoms with E-state index in [9.17, 15) is 0 Å². The molecule has 0 radical (unpaired) electrons. The van der Waals surface area contributed by atoms with E-state index in [1.165, 1.54) is 0 Å². The Morgan fingerprint density at radius 1 is 1.00 bits per heavy atom. The number of pyridine rings is 1. The first kappa shape index (κ1) is 12.5. The van der Waals surface area contributed by atoms with Crippen LogP contribution in [0.2, 0.25) is 15.1 Å². The van der Waals surface area contributed by atoms with Gasteiger partial charge in [-0.25, -0.2) is 0 Å². The normalized spacial score (nSPS) is 10.4. The molecule has 0 atom stereocenters. The lowest BCUT2D eigenvalue weighted by molar-refractivity contribution is 0.416. The third kappa shape index (κ3) is 2.49. The number of methoxy groups -OCH3 is 1. The van der Waals surface area contributed by atoms with Crippen molar-refractivity contribution in [3.05, 3.63) is 45.7 Å². The Morgan fingerprint density at radius 3 is 2.41 bits per heavy atom. The molecule has 17 heavy (non-hydrogen) atoms. The summed E-state index contributed by atoms with van der Waals surface area (Å²) < 4.78 is 5.25. The number of halogens is 3. The van der Waals surface area contributed by atoms with Crippen LogP contribution >= 0.6 is 34.8 Å². The van der Waals surface area contributed by atoms with Crippen molar-refractivity contribution in [1.29, 1.82) is 0 Å². The Bertz CT molecular complexity index is 557. The van der Waals surface area contributed by atoms with Crippen molar-refractivity contribution >= 4 is 34.8 Å². The number of benzene rings is 1. The lowest BCUT2D eigenvalue weighted by Crippen LogP contribution is -1.89. The zero-order valence-corrected chi connectivity index (χ0v) is 11.1. The Balaban J connectivity index is 2.64. The van der Waals surface area contributed by atoms with Crippen molar-refractivity contribution < 1.29 is 4.74 Å². The summed E-state index contributed by atoms with van der Waals surface area (Å²) in [6.07, 6.45) is 3.32. The van der Waals surface area contributed by atoms with Gasteiger partial charge in [0.05, 0.1) is 22.2 Å². The molecule has 0 fully saturated rings. The van der Waals surface area contributed by atoms with Gasteiger partial charge in [-0.1, -0.05) is 34.8 Å². The van der Waals surface area contributed by atoms with E-state index in [-0.39, 0.29) is 0 Å².